The van der Waals surface area contributed by atoms with Gasteiger partial charge >= 0.3 is 0 Å². The summed E-state index contributed by atoms with van der Waals surface area (Å²) in [4.78, 5) is 0. The molecule has 0 aliphatic carbocycles. The van der Waals surface area contributed by atoms with E-state index in [1.165, 1.54) is 6.07 Å². The van der Waals surface area contributed by atoms with Gasteiger partial charge in [-0.15, -0.1) is 0 Å². The first-order valence-corrected chi connectivity index (χ1v) is 5.16. The fourth-order valence-corrected chi connectivity index (χ4v) is 1.76. The Bertz CT molecular complexity index is 349. The third-order valence-corrected chi connectivity index (χ3v) is 3.05. The highest BCUT2D eigenvalue weighted by atomic mass is 19.1. The highest BCUT2D eigenvalue weighted by molar-refractivity contribution is 5.27. The van der Waals surface area contributed by atoms with Crippen molar-refractivity contribution in [1.82, 2.24) is 0 Å². The van der Waals surface area contributed by atoms with Crippen LogP contribution in [0.15, 0.2) is 18.2 Å². The molecule has 0 aliphatic heterocycles. The van der Waals surface area contributed by atoms with Gasteiger partial charge in [0.1, 0.15) is 11.6 Å². The SMILES string of the molecule is CCC(N)(c1cc(F)ccc1F)C(C)C. The highest BCUT2D eigenvalue weighted by Gasteiger charge is 2.32. The third kappa shape index (κ3) is 2.17. The van der Waals surface area contributed by atoms with Crippen LogP contribution in [0, 0.1) is 17.6 Å². The lowest BCUT2D eigenvalue weighted by Gasteiger charge is -2.33. The Morgan fingerprint density at radius 2 is 1.93 bits per heavy atom. The number of hydrogen-bond acceptors (Lipinski definition) is 1. The first-order valence-electron chi connectivity index (χ1n) is 5.16. The molecule has 0 fully saturated rings. The average molecular weight is 213 g/mol. The molecule has 3 heteroatoms. The first kappa shape index (κ1) is 12.1. The van der Waals surface area contributed by atoms with E-state index in [4.69, 9.17) is 5.73 Å². The van der Waals surface area contributed by atoms with Gasteiger partial charge in [-0.3, -0.25) is 0 Å². The molecule has 15 heavy (non-hydrogen) atoms. The van der Waals surface area contributed by atoms with E-state index >= 15 is 0 Å². The molecule has 0 heterocycles. The van der Waals surface area contributed by atoms with Crippen LogP contribution in [-0.2, 0) is 5.54 Å². The van der Waals surface area contributed by atoms with E-state index in [1.54, 1.807) is 0 Å². The first-order chi connectivity index (χ1) is 6.91. The Hall–Kier alpha value is -0.960. The summed E-state index contributed by atoms with van der Waals surface area (Å²) in [6, 6.07) is 3.43. The topological polar surface area (TPSA) is 26.0 Å². The molecule has 0 spiro atoms. The molecule has 0 saturated heterocycles. The molecule has 0 saturated carbocycles. The van der Waals surface area contributed by atoms with Crippen molar-refractivity contribution >= 4 is 0 Å². The minimum absolute atomic E-state index is 0.0544. The zero-order valence-corrected chi connectivity index (χ0v) is 9.35. The van der Waals surface area contributed by atoms with Crippen molar-refractivity contribution in [3.05, 3.63) is 35.4 Å². The molecule has 1 atom stereocenters. The molecule has 0 radical (unpaired) electrons. The van der Waals surface area contributed by atoms with Gasteiger partial charge in [-0.25, -0.2) is 8.78 Å². The second-order valence-electron chi connectivity index (χ2n) is 4.17. The van der Waals surface area contributed by atoms with Gasteiger partial charge in [0.15, 0.2) is 0 Å². The Balaban J connectivity index is 3.29. The average Bonchev–Trinajstić information content (AvgIpc) is 2.20. The van der Waals surface area contributed by atoms with Crippen LogP contribution in [-0.4, -0.2) is 0 Å². The predicted octanol–water partition coefficient (Wildman–Crippen LogP) is 3.18. The Labute approximate surface area is 89.3 Å². The van der Waals surface area contributed by atoms with E-state index in [0.717, 1.165) is 12.1 Å². The van der Waals surface area contributed by atoms with Gasteiger partial charge in [-0.05, 0) is 30.5 Å². The Morgan fingerprint density at radius 3 is 2.40 bits per heavy atom. The number of nitrogens with two attached hydrogens (primary N) is 1. The normalized spacial score (nSPS) is 15.4. The quantitative estimate of drug-likeness (QED) is 0.819. The summed E-state index contributed by atoms with van der Waals surface area (Å²) in [6.45, 7) is 5.70. The van der Waals surface area contributed by atoms with Crippen molar-refractivity contribution in [1.29, 1.82) is 0 Å². The minimum Gasteiger partial charge on any atom is -0.321 e. The van der Waals surface area contributed by atoms with Crippen molar-refractivity contribution in [3.8, 4) is 0 Å². The standard InChI is InChI=1S/C12H17F2N/c1-4-12(15,8(2)3)10-7-9(13)5-6-11(10)14/h5-8H,4,15H2,1-3H3. The van der Waals surface area contributed by atoms with Gasteiger partial charge in [-0.1, -0.05) is 20.8 Å². The molecular weight excluding hydrogens is 196 g/mol. The molecule has 1 unspecified atom stereocenters. The third-order valence-electron chi connectivity index (χ3n) is 3.05. The van der Waals surface area contributed by atoms with E-state index in [1.807, 2.05) is 20.8 Å². The van der Waals surface area contributed by atoms with Crippen molar-refractivity contribution < 1.29 is 8.78 Å². The van der Waals surface area contributed by atoms with Crippen molar-refractivity contribution in [2.75, 3.05) is 0 Å². The summed E-state index contributed by atoms with van der Waals surface area (Å²) >= 11 is 0. The van der Waals surface area contributed by atoms with E-state index in [-0.39, 0.29) is 11.5 Å². The lowest BCUT2D eigenvalue weighted by atomic mass is 9.78. The summed E-state index contributed by atoms with van der Waals surface area (Å²) in [5, 5.41) is 0. The Morgan fingerprint density at radius 1 is 1.33 bits per heavy atom. The zero-order valence-electron chi connectivity index (χ0n) is 9.35. The molecule has 1 aromatic carbocycles. The second kappa shape index (κ2) is 4.27. The van der Waals surface area contributed by atoms with E-state index in [2.05, 4.69) is 0 Å². The van der Waals surface area contributed by atoms with E-state index in [9.17, 15) is 8.78 Å². The molecular formula is C12H17F2N. The maximum Gasteiger partial charge on any atom is 0.128 e. The maximum absolute atomic E-state index is 13.6. The number of hydrogen-bond donors (Lipinski definition) is 1. The van der Waals surface area contributed by atoms with Gasteiger partial charge < -0.3 is 5.73 Å². The lowest BCUT2D eigenvalue weighted by Crippen LogP contribution is -2.42. The molecule has 0 amide bonds. The van der Waals surface area contributed by atoms with E-state index < -0.39 is 17.2 Å². The van der Waals surface area contributed by atoms with Crippen LogP contribution in [0.2, 0.25) is 0 Å². The van der Waals surface area contributed by atoms with Crippen LogP contribution in [0.1, 0.15) is 32.8 Å². The van der Waals surface area contributed by atoms with Crippen LogP contribution in [0.3, 0.4) is 0 Å². The van der Waals surface area contributed by atoms with Crippen LogP contribution in [0.25, 0.3) is 0 Å². The molecule has 0 aliphatic rings. The summed E-state index contributed by atoms with van der Waals surface area (Å²) < 4.78 is 26.6. The number of benzene rings is 1. The van der Waals surface area contributed by atoms with Gasteiger partial charge in [0.25, 0.3) is 0 Å². The molecule has 1 aromatic rings. The van der Waals surface area contributed by atoms with Crippen molar-refractivity contribution in [2.45, 2.75) is 32.7 Å². The highest BCUT2D eigenvalue weighted by Crippen LogP contribution is 2.32. The molecule has 0 aromatic heterocycles. The van der Waals surface area contributed by atoms with Crippen molar-refractivity contribution in [2.24, 2.45) is 11.7 Å². The van der Waals surface area contributed by atoms with E-state index in [0.29, 0.717) is 6.42 Å². The zero-order chi connectivity index (χ0) is 11.6. The summed E-state index contributed by atoms with van der Waals surface area (Å²) in [6.07, 6.45) is 0.574. The molecule has 1 rings (SSSR count). The lowest BCUT2D eigenvalue weighted by molar-refractivity contribution is 0.293. The monoisotopic (exact) mass is 213 g/mol. The predicted molar refractivity (Wildman–Crippen MR) is 57.4 cm³/mol. The summed E-state index contributed by atoms with van der Waals surface area (Å²) in [5.74, 6) is -0.830. The van der Waals surface area contributed by atoms with Crippen LogP contribution >= 0.6 is 0 Å². The molecule has 84 valence electrons. The molecule has 0 bridgehead atoms. The van der Waals surface area contributed by atoms with Crippen molar-refractivity contribution in [3.63, 3.8) is 0 Å². The Kier molecular flexibility index (Phi) is 3.45. The smallest absolute Gasteiger partial charge is 0.128 e. The summed E-state index contributed by atoms with van der Waals surface area (Å²) in [7, 11) is 0. The fourth-order valence-electron chi connectivity index (χ4n) is 1.76. The van der Waals surface area contributed by atoms with Gasteiger partial charge in [0.2, 0.25) is 0 Å². The number of halogens is 2. The number of rotatable bonds is 3. The second-order valence-corrected chi connectivity index (χ2v) is 4.17. The van der Waals surface area contributed by atoms with Crippen LogP contribution < -0.4 is 5.73 Å². The molecule has 2 N–H and O–H groups in total. The largest absolute Gasteiger partial charge is 0.321 e. The van der Waals surface area contributed by atoms with Gasteiger partial charge in [-0.2, -0.15) is 0 Å². The maximum atomic E-state index is 13.6. The fraction of sp³-hybridized carbons (Fsp3) is 0.500. The summed E-state index contributed by atoms with van der Waals surface area (Å²) in [5.41, 5.74) is 5.59. The van der Waals surface area contributed by atoms with Gasteiger partial charge in [0.05, 0.1) is 0 Å². The molecule has 1 nitrogen and oxygen atoms in total. The van der Waals surface area contributed by atoms with Crippen LogP contribution in [0.4, 0.5) is 8.78 Å². The van der Waals surface area contributed by atoms with Crippen LogP contribution in [0.5, 0.6) is 0 Å². The van der Waals surface area contributed by atoms with Gasteiger partial charge in [0, 0.05) is 11.1 Å². The minimum atomic E-state index is -0.799.